The molecular weight excluding hydrogens is 500 g/mol. The van der Waals surface area contributed by atoms with E-state index in [0.29, 0.717) is 27.6 Å². The second kappa shape index (κ2) is 11.3. The number of hydrazone groups is 1. The lowest BCUT2D eigenvalue weighted by Crippen LogP contribution is -2.24. The van der Waals surface area contributed by atoms with Gasteiger partial charge in [0.15, 0.2) is 18.1 Å². The molecule has 3 aromatic rings. The number of carbonyl (C=O) groups is 2. The summed E-state index contributed by atoms with van der Waals surface area (Å²) in [5.74, 6) is 0.190. The second-order valence-electron chi connectivity index (χ2n) is 6.34. The summed E-state index contributed by atoms with van der Waals surface area (Å²) in [7, 11) is 1.46. The summed E-state index contributed by atoms with van der Waals surface area (Å²) in [6, 6.07) is 18.4. The molecule has 0 heterocycles. The Hall–Kier alpha value is -3.36. The van der Waals surface area contributed by atoms with Gasteiger partial charge in [0, 0.05) is 9.50 Å². The molecule has 0 aliphatic carbocycles. The van der Waals surface area contributed by atoms with E-state index in [1.165, 1.54) is 13.3 Å². The van der Waals surface area contributed by atoms with Crippen molar-refractivity contribution in [1.82, 2.24) is 5.43 Å². The van der Waals surface area contributed by atoms with Gasteiger partial charge in [-0.1, -0.05) is 27.5 Å². The predicted octanol–water partition coefficient (Wildman–Crippen LogP) is 4.86. The number of rotatable bonds is 8. The fraction of sp³-hybridized carbons (Fsp3) is 0.0870. The third kappa shape index (κ3) is 6.83. The molecule has 9 heteroatoms. The summed E-state index contributed by atoms with van der Waals surface area (Å²) in [5, 5.41) is 4.48. The van der Waals surface area contributed by atoms with Crippen LogP contribution in [0.3, 0.4) is 0 Å². The molecule has 164 valence electrons. The van der Waals surface area contributed by atoms with Crippen molar-refractivity contribution in [3.05, 3.63) is 87.4 Å². The lowest BCUT2D eigenvalue weighted by molar-refractivity contribution is -0.123. The predicted molar refractivity (Wildman–Crippen MR) is 125 cm³/mol. The van der Waals surface area contributed by atoms with Crippen LogP contribution in [0.15, 0.2) is 76.3 Å². The minimum Gasteiger partial charge on any atom is -0.493 e. The van der Waals surface area contributed by atoms with Crippen LogP contribution in [-0.2, 0) is 4.79 Å². The molecule has 0 radical (unpaired) electrons. The number of nitrogens with one attached hydrogen (secondary N) is 1. The first-order chi connectivity index (χ1) is 15.4. The highest BCUT2D eigenvalue weighted by Gasteiger charge is 2.13. The molecule has 3 aromatic carbocycles. The van der Waals surface area contributed by atoms with Crippen LogP contribution in [0.25, 0.3) is 0 Å². The Bertz CT molecular complexity index is 1120. The van der Waals surface area contributed by atoms with Crippen molar-refractivity contribution >= 4 is 45.6 Å². The lowest BCUT2D eigenvalue weighted by Gasteiger charge is -2.10. The zero-order valence-electron chi connectivity index (χ0n) is 16.9. The summed E-state index contributed by atoms with van der Waals surface area (Å²) < 4.78 is 16.9. The van der Waals surface area contributed by atoms with E-state index in [0.717, 1.165) is 4.47 Å². The molecule has 0 saturated heterocycles. The molecule has 0 aliphatic rings. The van der Waals surface area contributed by atoms with E-state index in [1.807, 2.05) is 0 Å². The first-order valence-electron chi connectivity index (χ1n) is 9.30. The number of hydrogen-bond donors (Lipinski definition) is 1. The normalized spacial score (nSPS) is 10.6. The van der Waals surface area contributed by atoms with E-state index < -0.39 is 11.9 Å². The van der Waals surface area contributed by atoms with Gasteiger partial charge in [-0.2, -0.15) is 5.10 Å². The quantitative estimate of drug-likeness (QED) is 0.200. The highest BCUT2D eigenvalue weighted by molar-refractivity contribution is 9.10. The highest BCUT2D eigenvalue weighted by Crippen LogP contribution is 2.28. The fourth-order valence-electron chi connectivity index (χ4n) is 2.48. The average molecular weight is 518 g/mol. The maximum Gasteiger partial charge on any atom is 0.343 e. The van der Waals surface area contributed by atoms with Gasteiger partial charge in [-0.25, -0.2) is 10.2 Å². The number of nitrogens with zero attached hydrogens (tertiary/aromatic N) is 1. The van der Waals surface area contributed by atoms with Crippen molar-refractivity contribution in [3.8, 4) is 17.2 Å². The van der Waals surface area contributed by atoms with Gasteiger partial charge in [0.1, 0.15) is 5.75 Å². The molecule has 0 aliphatic heterocycles. The largest absolute Gasteiger partial charge is 0.493 e. The third-order valence-electron chi connectivity index (χ3n) is 4.06. The van der Waals surface area contributed by atoms with E-state index in [4.69, 9.17) is 25.8 Å². The number of hydrogen-bond acceptors (Lipinski definition) is 6. The molecule has 7 nitrogen and oxygen atoms in total. The average Bonchev–Trinajstić information content (AvgIpc) is 2.80. The Morgan fingerprint density at radius 2 is 1.75 bits per heavy atom. The Balaban J connectivity index is 1.55. The Labute approximate surface area is 198 Å². The van der Waals surface area contributed by atoms with Gasteiger partial charge < -0.3 is 14.2 Å². The van der Waals surface area contributed by atoms with Gasteiger partial charge in [0.25, 0.3) is 5.91 Å². The molecule has 1 amide bonds. The summed E-state index contributed by atoms with van der Waals surface area (Å²) >= 11 is 9.12. The molecule has 0 spiro atoms. The smallest absolute Gasteiger partial charge is 0.343 e. The van der Waals surface area contributed by atoms with Crippen molar-refractivity contribution in [1.29, 1.82) is 0 Å². The zero-order chi connectivity index (χ0) is 22.9. The molecule has 0 aromatic heterocycles. The summed E-state index contributed by atoms with van der Waals surface area (Å²) in [6.45, 7) is -0.201. The summed E-state index contributed by atoms with van der Waals surface area (Å²) in [4.78, 5) is 24.2. The van der Waals surface area contributed by atoms with Crippen LogP contribution in [0.5, 0.6) is 17.2 Å². The molecule has 0 atom stereocenters. The first kappa shape index (κ1) is 23.3. The second-order valence-corrected chi connectivity index (χ2v) is 7.69. The number of esters is 1. The SMILES string of the molecule is COc1cc(/C=N/NC(=O)COc2ccc(Cl)cc2)ccc1OC(=O)c1ccc(Br)cc1. The minimum absolute atomic E-state index is 0.201. The molecule has 0 fully saturated rings. The number of methoxy groups -OCH3 is 1. The van der Waals surface area contributed by atoms with Gasteiger partial charge in [-0.05, 0) is 72.3 Å². The Kier molecular flexibility index (Phi) is 8.24. The topological polar surface area (TPSA) is 86.2 Å². The van der Waals surface area contributed by atoms with E-state index in [1.54, 1.807) is 66.7 Å². The van der Waals surface area contributed by atoms with E-state index in [9.17, 15) is 9.59 Å². The van der Waals surface area contributed by atoms with Gasteiger partial charge in [-0.15, -0.1) is 0 Å². The maximum absolute atomic E-state index is 12.3. The number of amides is 1. The number of halogens is 2. The number of benzene rings is 3. The first-order valence-corrected chi connectivity index (χ1v) is 10.5. The van der Waals surface area contributed by atoms with E-state index >= 15 is 0 Å². The van der Waals surface area contributed by atoms with E-state index in [2.05, 4.69) is 26.5 Å². The van der Waals surface area contributed by atoms with Crippen molar-refractivity contribution in [2.24, 2.45) is 5.10 Å². The standard InChI is InChI=1S/C23H18BrClN2O5/c1-30-21-12-15(2-11-20(21)32-23(29)16-3-5-17(24)6-4-16)13-26-27-22(28)14-31-19-9-7-18(25)8-10-19/h2-13H,14H2,1H3,(H,27,28)/b26-13+. The van der Waals surface area contributed by atoms with Crippen LogP contribution in [0, 0.1) is 0 Å². The van der Waals surface area contributed by atoms with Crippen LogP contribution in [0.4, 0.5) is 0 Å². The van der Waals surface area contributed by atoms with Gasteiger partial charge in [0.05, 0.1) is 18.9 Å². The monoisotopic (exact) mass is 516 g/mol. The lowest BCUT2D eigenvalue weighted by atomic mass is 10.2. The zero-order valence-corrected chi connectivity index (χ0v) is 19.2. The fourth-order valence-corrected chi connectivity index (χ4v) is 2.87. The third-order valence-corrected chi connectivity index (χ3v) is 4.84. The van der Waals surface area contributed by atoms with Crippen molar-refractivity contribution < 1.29 is 23.8 Å². The molecule has 32 heavy (non-hydrogen) atoms. The van der Waals surface area contributed by atoms with Crippen molar-refractivity contribution in [2.75, 3.05) is 13.7 Å². The Morgan fingerprint density at radius 3 is 2.44 bits per heavy atom. The maximum atomic E-state index is 12.3. The molecular formula is C23H18BrClN2O5. The van der Waals surface area contributed by atoms with Gasteiger partial charge >= 0.3 is 5.97 Å². The molecule has 1 N–H and O–H groups in total. The van der Waals surface area contributed by atoms with Gasteiger partial charge in [0.2, 0.25) is 0 Å². The van der Waals surface area contributed by atoms with E-state index in [-0.39, 0.29) is 12.4 Å². The molecule has 0 bridgehead atoms. The van der Waals surface area contributed by atoms with Crippen LogP contribution < -0.4 is 19.6 Å². The molecule has 0 unspecified atom stereocenters. The van der Waals surface area contributed by atoms with Crippen LogP contribution >= 0.6 is 27.5 Å². The number of ether oxygens (including phenoxy) is 3. The minimum atomic E-state index is -0.509. The summed E-state index contributed by atoms with van der Waals surface area (Å²) in [5.41, 5.74) is 3.41. The van der Waals surface area contributed by atoms with Crippen LogP contribution in [0.1, 0.15) is 15.9 Å². The highest BCUT2D eigenvalue weighted by atomic mass is 79.9. The van der Waals surface area contributed by atoms with Crippen molar-refractivity contribution in [3.63, 3.8) is 0 Å². The van der Waals surface area contributed by atoms with Crippen LogP contribution in [0.2, 0.25) is 5.02 Å². The Morgan fingerprint density at radius 1 is 1.03 bits per heavy atom. The van der Waals surface area contributed by atoms with Gasteiger partial charge in [-0.3, -0.25) is 4.79 Å². The summed E-state index contributed by atoms with van der Waals surface area (Å²) in [6.07, 6.45) is 1.43. The number of carbonyl (C=O) groups excluding carboxylic acids is 2. The molecule has 0 saturated carbocycles. The van der Waals surface area contributed by atoms with Crippen molar-refractivity contribution in [2.45, 2.75) is 0 Å². The molecule has 3 rings (SSSR count). The van der Waals surface area contributed by atoms with Crippen LogP contribution in [-0.4, -0.2) is 31.8 Å².